The average molecular weight is 264 g/mol. The Labute approximate surface area is 113 Å². The number of hydrogen-bond donors (Lipinski definition) is 2. The molecule has 2 N–H and O–H groups in total. The van der Waals surface area contributed by atoms with Gasteiger partial charge >= 0.3 is 0 Å². The molecule has 1 aromatic carbocycles. The summed E-state index contributed by atoms with van der Waals surface area (Å²) >= 11 is 1.70. The van der Waals surface area contributed by atoms with Crippen LogP contribution in [0.2, 0.25) is 0 Å². The summed E-state index contributed by atoms with van der Waals surface area (Å²) in [6.07, 6.45) is 7.02. The second-order valence-electron chi connectivity index (χ2n) is 4.64. The standard InChI is InChI=1S/C14H20N2OS/c1-18-13-8-6-12(7-9-13)16-14(17)10-15-11-4-2-3-5-11/h6-9,11,15H,2-5,10H2,1H3,(H,16,17). The van der Waals surface area contributed by atoms with Crippen molar-refractivity contribution >= 4 is 23.4 Å². The molecule has 3 nitrogen and oxygen atoms in total. The topological polar surface area (TPSA) is 41.1 Å². The first-order chi connectivity index (χ1) is 8.78. The molecule has 0 bridgehead atoms. The van der Waals surface area contributed by atoms with Crippen LogP contribution in [-0.4, -0.2) is 24.7 Å². The zero-order valence-corrected chi connectivity index (χ0v) is 11.6. The van der Waals surface area contributed by atoms with Crippen molar-refractivity contribution in [1.82, 2.24) is 5.32 Å². The number of carbonyl (C=O) groups is 1. The molecular formula is C14H20N2OS. The van der Waals surface area contributed by atoms with E-state index in [0.29, 0.717) is 12.6 Å². The van der Waals surface area contributed by atoms with Gasteiger partial charge in [0.2, 0.25) is 5.91 Å². The van der Waals surface area contributed by atoms with E-state index in [-0.39, 0.29) is 5.91 Å². The largest absolute Gasteiger partial charge is 0.325 e. The number of rotatable bonds is 5. The van der Waals surface area contributed by atoms with Gasteiger partial charge < -0.3 is 10.6 Å². The Balaban J connectivity index is 1.75. The Bertz CT molecular complexity index is 385. The number of benzene rings is 1. The molecule has 1 fully saturated rings. The molecule has 0 aliphatic heterocycles. The molecule has 1 aliphatic carbocycles. The lowest BCUT2D eigenvalue weighted by atomic mass is 10.2. The van der Waals surface area contributed by atoms with Crippen LogP contribution in [0.15, 0.2) is 29.2 Å². The van der Waals surface area contributed by atoms with Crippen LogP contribution >= 0.6 is 11.8 Å². The molecule has 0 aromatic heterocycles. The molecule has 1 saturated carbocycles. The number of thioether (sulfide) groups is 1. The molecule has 18 heavy (non-hydrogen) atoms. The predicted molar refractivity (Wildman–Crippen MR) is 77.1 cm³/mol. The molecule has 1 amide bonds. The summed E-state index contributed by atoms with van der Waals surface area (Å²) in [5, 5.41) is 6.21. The van der Waals surface area contributed by atoms with Gasteiger partial charge in [0.05, 0.1) is 6.54 Å². The van der Waals surface area contributed by atoms with E-state index in [1.807, 2.05) is 30.5 Å². The van der Waals surface area contributed by atoms with Crippen LogP contribution in [-0.2, 0) is 4.79 Å². The normalized spacial score (nSPS) is 15.8. The number of nitrogens with one attached hydrogen (secondary N) is 2. The van der Waals surface area contributed by atoms with Crippen LogP contribution in [0.5, 0.6) is 0 Å². The molecule has 0 heterocycles. The highest BCUT2D eigenvalue weighted by Gasteiger charge is 2.15. The summed E-state index contributed by atoms with van der Waals surface area (Å²) < 4.78 is 0. The van der Waals surface area contributed by atoms with E-state index in [1.165, 1.54) is 30.6 Å². The molecule has 0 radical (unpaired) electrons. The summed E-state index contributed by atoms with van der Waals surface area (Å²) in [6.45, 7) is 0.412. The van der Waals surface area contributed by atoms with Gasteiger partial charge in [-0.3, -0.25) is 4.79 Å². The van der Waals surface area contributed by atoms with E-state index in [4.69, 9.17) is 0 Å². The highest BCUT2D eigenvalue weighted by molar-refractivity contribution is 7.98. The molecule has 0 spiro atoms. The fourth-order valence-corrected chi connectivity index (χ4v) is 2.65. The molecule has 0 atom stereocenters. The van der Waals surface area contributed by atoms with Gasteiger partial charge in [-0.15, -0.1) is 11.8 Å². The zero-order valence-electron chi connectivity index (χ0n) is 10.7. The van der Waals surface area contributed by atoms with Gasteiger partial charge in [-0.2, -0.15) is 0 Å². The SMILES string of the molecule is CSc1ccc(NC(=O)CNC2CCCC2)cc1. The Hall–Kier alpha value is -1.00. The molecular weight excluding hydrogens is 244 g/mol. The van der Waals surface area contributed by atoms with Crippen molar-refractivity contribution in [2.24, 2.45) is 0 Å². The van der Waals surface area contributed by atoms with E-state index in [0.717, 1.165) is 5.69 Å². The Morgan fingerprint density at radius 3 is 2.56 bits per heavy atom. The van der Waals surface area contributed by atoms with Gasteiger partial charge in [-0.25, -0.2) is 0 Å². The molecule has 4 heteroatoms. The minimum Gasteiger partial charge on any atom is -0.325 e. The van der Waals surface area contributed by atoms with Crippen molar-refractivity contribution in [1.29, 1.82) is 0 Å². The molecule has 98 valence electrons. The molecule has 0 unspecified atom stereocenters. The zero-order chi connectivity index (χ0) is 12.8. The Morgan fingerprint density at radius 1 is 1.28 bits per heavy atom. The number of anilines is 1. The first-order valence-corrected chi connectivity index (χ1v) is 7.67. The Kier molecular flexibility index (Phi) is 5.08. The first kappa shape index (κ1) is 13.4. The third kappa shape index (κ3) is 4.03. The van der Waals surface area contributed by atoms with Crippen LogP contribution in [0.3, 0.4) is 0 Å². The molecule has 1 aliphatic rings. The molecule has 1 aromatic rings. The summed E-state index contributed by atoms with van der Waals surface area (Å²) in [5.74, 6) is 0.0406. The number of hydrogen-bond acceptors (Lipinski definition) is 3. The quantitative estimate of drug-likeness (QED) is 0.804. The van der Waals surface area contributed by atoms with E-state index in [9.17, 15) is 4.79 Å². The minimum absolute atomic E-state index is 0.0406. The van der Waals surface area contributed by atoms with Crippen molar-refractivity contribution in [2.75, 3.05) is 18.1 Å². The van der Waals surface area contributed by atoms with Crippen molar-refractivity contribution in [2.45, 2.75) is 36.6 Å². The predicted octanol–water partition coefficient (Wildman–Crippen LogP) is 2.88. The summed E-state index contributed by atoms with van der Waals surface area (Å²) in [4.78, 5) is 13.0. The fraction of sp³-hybridized carbons (Fsp3) is 0.500. The number of carbonyl (C=O) groups excluding carboxylic acids is 1. The lowest BCUT2D eigenvalue weighted by Gasteiger charge is -2.11. The maximum Gasteiger partial charge on any atom is 0.238 e. The van der Waals surface area contributed by atoms with Crippen LogP contribution in [0.4, 0.5) is 5.69 Å². The monoisotopic (exact) mass is 264 g/mol. The Morgan fingerprint density at radius 2 is 1.94 bits per heavy atom. The van der Waals surface area contributed by atoms with E-state index in [1.54, 1.807) is 11.8 Å². The minimum atomic E-state index is 0.0406. The maximum atomic E-state index is 11.7. The maximum absolute atomic E-state index is 11.7. The lowest BCUT2D eigenvalue weighted by Crippen LogP contribution is -2.34. The molecule has 2 rings (SSSR count). The van der Waals surface area contributed by atoms with Gasteiger partial charge in [0, 0.05) is 16.6 Å². The fourth-order valence-electron chi connectivity index (χ4n) is 2.25. The third-order valence-electron chi connectivity index (χ3n) is 3.28. The van der Waals surface area contributed by atoms with Crippen LogP contribution in [0, 0.1) is 0 Å². The second-order valence-corrected chi connectivity index (χ2v) is 5.52. The number of amides is 1. The summed E-state index contributed by atoms with van der Waals surface area (Å²) in [5.41, 5.74) is 0.867. The smallest absolute Gasteiger partial charge is 0.238 e. The highest BCUT2D eigenvalue weighted by atomic mass is 32.2. The highest BCUT2D eigenvalue weighted by Crippen LogP contribution is 2.18. The van der Waals surface area contributed by atoms with Crippen LogP contribution < -0.4 is 10.6 Å². The van der Waals surface area contributed by atoms with Gasteiger partial charge in [0.25, 0.3) is 0 Å². The van der Waals surface area contributed by atoms with Crippen LogP contribution in [0.25, 0.3) is 0 Å². The molecule has 0 saturated heterocycles. The third-order valence-corrected chi connectivity index (χ3v) is 4.02. The van der Waals surface area contributed by atoms with Crippen molar-refractivity contribution < 1.29 is 4.79 Å². The van der Waals surface area contributed by atoms with Crippen LogP contribution in [0.1, 0.15) is 25.7 Å². The van der Waals surface area contributed by atoms with Crippen molar-refractivity contribution in [3.8, 4) is 0 Å². The van der Waals surface area contributed by atoms with E-state index < -0.39 is 0 Å². The second kappa shape index (κ2) is 6.81. The van der Waals surface area contributed by atoms with Gasteiger partial charge in [0.15, 0.2) is 0 Å². The van der Waals surface area contributed by atoms with E-state index in [2.05, 4.69) is 10.6 Å². The summed E-state index contributed by atoms with van der Waals surface area (Å²) in [7, 11) is 0. The first-order valence-electron chi connectivity index (χ1n) is 6.45. The van der Waals surface area contributed by atoms with Gasteiger partial charge in [-0.1, -0.05) is 12.8 Å². The average Bonchev–Trinajstić information content (AvgIpc) is 2.90. The lowest BCUT2D eigenvalue weighted by molar-refractivity contribution is -0.115. The van der Waals surface area contributed by atoms with Gasteiger partial charge in [0.1, 0.15) is 0 Å². The summed E-state index contributed by atoms with van der Waals surface area (Å²) in [6, 6.07) is 8.46. The van der Waals surface area contributed by atoms with Crippen molar-refractivity contribution in [3.63, 3.8) is 0 Å². The van der Waals surface area contributed by atoms with Crippen molar-refractivity contribution in [3.05, 3.63) is 24.3 Å². The van der Waals surface area contributed by atoms with Gasteiger partial charge in [-0.05, 0) is 43.4 Å². The van der Waals surface area contributed by atoms with E-state index >= 15 is 0 Å².